The quantitative estimate of drug-likeness (QED) is 0.745. The van der Waals surface area contributed by atoms with Gasteiger partial charge in [0.05, 0.1) is 34.2 Å². The summed E-state index contributed by atoms with van der Waals surface area (Å²) in [5, 5.41) is 5.88. The van der Waals surface area contributed by atoms with Gasteiger partial charge in [0.15, 0.2) is 0 Å². The summed E-state index contributed by atoms with van der Waals surface area (Å²) in [5.41, 5.74) is 0.668. The van der Waals surface area contributed by atoms with Crippen LogP contribution in [0.25, 0.3) is 0 Å². The fraction of sp³-hybridized carbons (Fsp3) is 0.316. The third-order valence-corrected chi connectivity index (χ3v) is 4.69. The predicted molar refractivity (Wildman–Crippen MR) is 101 cm³/mol. The summed E-state index contributed by atoms with van der Waals surface area (Å²) < 4.78 is 39.2. The number of nitrogens with zero attached hydrogens (tertiary/aromatic N) is 1. The number of carbonyl (C=O) groups is 1. The third-order valence-electron chi connectivity index (χ3n) is 4.36. The maximum Gasteiger partial charge on any atom is 0.416 e. The smallest absolute Gasteiger partial charge is 0.374 e. The van der Waals surface area contributed by atoms with E-state index in [1.54, 1.807) is 24.3 Å². The van der Waals surface area contributed by atoms with Gasteiger partial charge in [-0.25, -0.2) is 0 Å². The average molecular weight is 398 g/mol. The van der Waals surface area contributed by atoms with E-state index in [1.165, 1.54) is 6.07 Å². The van der Waals surface area contributed by atoms with E-state index in [1.807, 2.05) is 4.90 Å². The second kappa shape index (κ2) is 8.08. The van der Waals surface area contributed by atoms with Crippen LogP contribution in [-0.2, 0) is 11.0 Å². The zero-order valence-corrected chi connectivity index (χ0v) is 15.2. The molecule has 2 N–H and O–H groups in total. The first kappa shape index (κ1) is 19.4. The lowest BCUT2D eigenvalue weighted by Crippen LogP contribution is -2.24. The van der Waals surface area contributed by atoms with Crippen LogP contribution in [-0.4, -0.2) is 25.5 Å². The number of benzene rings is 2. The zero-order valence-electron chi connectivity index (χ0n) is 14.4. The minimum absolute atomic E-state index is 0.173. The Balaban J connectivity index is 1.75. The lowest BCUT2D eigenvalue weighted by Gasteiger charge is -2.23. The number of halogens is 4. The fourth-order valence-corrected chi connectivity index (χ4v) is 3.20. The van der Waals surface area contributed by atoms with Crippen LogP contribution in [0.4, 0.5) is 30.2 Å². The molecule has 27 heavy (non-hydrogen) atoms. The minimum atomic E-state index is -4.44. The Morgan fingerprint density at radius 1 is 1.07 bits per heavy atom. The third kappa shape index (κ3) is 4.86. The van der Waals surface area contributed by atoms with E-state index in [0.717, 1.165) is 38.1 Å². The van der Waals surface area contributed by atoms with Crippen LogP contribution in [0.2, 0.25) is 5.02 Å². The first-order valence-corrected chi connectivity index (χ1v) is 8.97. The molecule has 144 valence electrons. The molecule has 0 saturated carbocycles. The Morgan fingerprint density at radius 3 is 2.44 bits per heavy atom. The largest absolute Gasteiger partial charge is 0.416 e. The number of hydrogen-bond donors (Lipinski definition) is 2. The van der Waals surface area contributed by atoms with E-state index in [-0.39, 0.29) is 6.54 Å². The van der Waals surface area contributed by atoms with Gasteiger partial charge >= 0.3 is 6.18 Å². The molecule has 8 heteroatoms. The van der Waals surface area contributed by atoms with Crippen LogP contribution in [0.5, 0.6) is 0 Å². The molecule has 1 heterocycles. The molecule has 1 amide bonds. The van der Waals surface area contributed by atoms with Crippen molar-refractivity contribution < 1.29 is 18.0 Å². The van der Waals surface area contributed by atoms with E-state index >= 15 is 0 Å². The van der Waals surface area contributed by atoms with Crippen molar-refractivity contribution in [2.45, 2.75) is 19.0 Å². The van der Waals surface area contributed by atoms with Crippen molar-refractivity contribution in [3.8, 4) is 0 Å². The van der Waals surface area contributed by atoms with Crippen molar-refractivity contribution in [1.29, 1.82) is 0 Å². The van der Waals surface area contributed by atoms with Crippen molar-refractivity contribution in [1.82, 2.24) is 0 Å². The highest BCUT2D eigenvalue weighted by atomic mass is 35.5. The topological polar surface area (TPSA) is 44.4 Å². The van der Waals surface area contributed by atoms with Gasteiger partial charge in [-0.3, -0.25) is 4.79 Å². The van der Waals surface area contributed by atoms with Crippen molar-refractivity contribution in [3.05, 3.63) is 53.1 Å². The highest BCUT2D eigenvalue weighted by Crippen LogP contribution is 2.36. The van der Waals surface area contributed by atoms with Gasteiger partial charge in [0.2, 0.25) is 5.91 Å². The monoisotopic (exact) mass is 397 g/mol. The van der Waals surface area contributed by atoms with Gasteiger partial charge in [0.25, 0.3) is 0 Å². The van der Waals surface area contributed by atoms with Crippen molar-refractivity contribution in [3.63, 3.8) is 0 Å². The Morgan fingerprint density at radius 2 is 1.78 bits per heavy atom. The standard InChI is InChI=1S/C19H19ClF3N3O/c20-14-5-1-2-6-15(14)25-18(27)12-24-16-11-13(19(21,22)23)7-8-17(16)26-9-3-4-10-26/h1-2,5-8,11,24H,3-4,9-10,12H2,(H,25,27). The van der Waals surface area contributed by atoms with Crippen LogP contribution in [0.1, 0.15) is 18.4 Å². The van der Waals surface area contributed by atoms with E-state index in [0.29, 0.717) is 22.1 Å². The lowest BCUT2D eigenvalue weighted by molar-refractivity contribution is -0.137. The van der Waals surface area contributed by atoms with E-state index in [4.69, 9.17) is 11.6 Å². The Bertz CT molecular complexity index is 820. The summed E-state index contributed by atoms with van der Waals surface area (Å²) in [6.45, 7) is 1.39. The van der Waals surface area contributed by atoms with Gasteiger partial charge in [-0.1, -0.05) is 23.7 Å². The summed E-state index contributed by atoms with van der Waals surface area (Å²) in [6.07, 6.45) is -2.46. The van der Waals surface area contributed by atoms with Crippen molar-refractivity contribution in [2.75, 3.05) is 35.2 Å². The highest BCUT2D eigenvalue weighted by Gasteiger charge is 2.31. The molecule has 0 radical (unpaired) electrons. The molecule has 0 aromatic heterocycles. The number of para-hydroxylation sites is 1. The second-order valence-electron chi connectivity index (χ2n) is 6.31. The van der Waals surface area contributed by atoms with Gasteiger partial charge in [0.1, 0.15) is 0 Å². The Kier molecular flexibility index (Phi) is 5.79. The molecule has 0 spiro atoms. The van der Waals surface area contributed by atoms with Crippen LogP contribution < -0.4 is 15.5 Å². The maximum atomic E-state index is 13.1. The summed E-state index contributed by atoms with van der Waals surface area (Å²) in [5.74, 6) is -0.395. The SMILES string of the molecule is O=C(CNc1cc(C(F)(F)F)ccc1N1CCCC1)Nc1ccccc1Cl. The van der Waals surface area contributed by atoms with Crippen molar-refractivity contribution >= 4 is 34.6 Å². The molecule has 0 aliphatic carbocycles. The Labute approximate surface area is 160 Å². The second-order valence-corrected chi connectivity index (χ2v) is 6.71. The molecule has 0 unspecified atom stereocenters. The lowest BCUT2D eigenvalue weighted by atomic mass is 10.1. The van der Waals surface area contributed by atoms with Crippen LogP contribution in [0, 0.1) is 0 Å². The van der Waals surface area contributed by atoms with Crippen LogP contribution in [0.15, 0.2) is 42.5 Å². The number of hydrogen-bond acceptors (Lipinski definition) is 3. The van der Waals surface area contributed by atoms with E-state index < -0.39 is 17.6 Å². The number of anilines is 3. The fourth-order valence-electron chi connectivity index (χ4n) is 3.02. The number of nitrogens with one attached hydrogen (secondary N) is 2. The van der Waals surface area contributed by atoms with Crippen molar-refractivity contribution in [2.24, 2.45) is 0 Å². The van der Waals surface area contributed by atoms with E-state index in [9.17, 15) is 18.0 Å². The summed E-state index contributed by atoms with van der Waals surface area (Å²) in [6, 6.07) is 10.3. The number of alkyl halides is 3. The summed E-state index contributed by atoms with van der Waals surface area (Å²) in [7, 11) is 0. The highest BCUT2D eigenvalue weighted by molar-refractivity contribution is 6.33. The Hall–Kier alpha value is -2.41. The molecule has 0 atom stereocenters. The van der Waals surface area contributed by atoms with Gasteiger partial charge in [-0.05, 0) is 43.2 Å². The summed E-state index contributed by atoms with van der Waals surface area (Å²) >= 11 is 6.00. The molecule has 2 aromatic carbocycles. The molecule has 0 bridgehead atoms. The predicted octanol–water partition coefficient (Wildman–Crippen LogP) is 5.01. The van der Waals surface area contributed by atoms with Crippen LogP contribution in [0.3, 0.4) is 0 Å². The number of carbonyl (C=O) groups excluding carboxylic acids is 1. The molecular weight excluding hydrogens is 379 g/mol. The van der Waals surface area contributed by atoms with Gasteiger partial charge in [0, 0.05) is 13.1 Å². The molecule has 3 rings (SSSR count). The number of amides is 1. The first-order valence-electron chi connectivity index (χ1n) is 8.59. The van der Waals surface area contributed by atoms with Gasteiger partial charge < -0.3 is 15.5 Å². The maximum absolute atomic E-state index is 13.1. The minimum Gasteiger partial charge on any atom is -0.374 e. The normalized spacial score (nSPS) is 14.3. The molecule has 1 aliphatic rings. The molecular formula is C19H19ClF3N3O. The molecule has 1 aliphatic heterocycles. The molecule has 2 aromatic rings. The molecule has 4 nitrogen and oxygen atoms in total. The van der Waals surface area contributed by atoms with Gasteiger partial charge in [-0.2, -0.15) is 13.2 Å². The average Bonchev–Trinajstić information content (AvgIpc) is 3.15. The van der Waals surface area contributed by atoms with Gasteiger partial charge in [-0.15, -0.1) is 0 Å². The van der Waals surface area contributed by atoms with E-state index in [2.05, 4.69) is 10.6 Å². The summed E-state index contributed by atoms with van der Waals surface area (Å²) in [4.78, 5) is 14.2. The number of rotatable bonds is 5. The zero-order chi connectivity index (χ0) is 19.4. The molecule has 1 fully saturated rings. The first-order chi connectivity index (χ1) is 12.8. The van der Waals surface area contributed by atoms with Crippen LogP contribution >= 0.6 is 11.6 Å². The molecule has 1 saturated heterocycles.